The molecule has 0 aliphatic carbocycles. The highest BCUT2D eigenvalue weighted by atomic mass is 31.2. The average Bonchev–Trinajstić information content (AvgIpc) is 3.21. The first kappa shape index (κ1) is 24.0. The van der Waals surface area contributed by atoms with Crippen LogP contribution in [0.15, 0.2) is 71.4 Å². The molecule has 1 unspecified atom stereocenters. The van der Waals surface area contributed by atoms with Crippen LogP contribution in [-0.2, 0) is 21.9 Å². The van der Waals surface area contributed by atoms with Crippen LogP contribution in [0, 0.1) is 11.6 Å². The van der Waals surface area contributed by atoms with Crippen molar-refractivity contribution in [1.82, 2.24) is 10.1 Å². The minimum absolute atomic E-state index is 0.394. The largest absolute Gasteiger partial charge is 0.471 e. The van der Waals surface area contributed by atoms with Gasteiger partial charge in [0.1, 0.15) is 24.5 Å². The minimum Gasteiger partial charge on any atom is -0.356 e. The van der Waals surface area contributed by atoms with E-state index in [1.807, 2.05) is 24.3 Å². The Labute approximate surface area is 194 Å². The van der Waals surface area contributed by atoms with Gasteiger partial charge in [-0.15, -0.1) is 0 Å². The summed E-state index contributed by atoms with van der Waals surface area (Å²) in [6.45, 7) is -0.394. The highest BCUT2D eigenvalue weighted by Gasteiger charge is 2.25. The van der Waals surface area contributed by atoms with Gasteiger partial charge in [-0.2, -0.15) is 0 Å². The number of hydrogen-bond donors (Lipinski definition) is 3. The smallest absolute Gasteiger partial charge is 0.356 e. The summed E-state index contributed by atoms with van der Waals surface area (Å²) < 4.78 is 47.7. The summed E-state index contributed by atoms with van der Waals surface area (Å²) in [5.41, 5.74) is 9.86. The van der Waals surface area contributed by atoms with Crippen LogP contribution in [0.3, 0.4) is 0 Å². The molecule has 0 saturated heterocycles. The van der Waals surface area contributed by atoms with Crippen LogP contribution in [0.4, 0.5) is 8.78 Å². The first-order valence-corrected chi connectivity index (χ1v) is 11.8. The Morgan fingerprint density at radius 1 is 1.03 bits per heavy atom. The third-order valence-electron chi connectivity index (χ3n) is 5.19. The third-order valence-corrected chi connectivity index (χ3v) is 5.64. The molecular weight excluding hydrogens is 467 g/mol. The van der Waals surface area contributed by atoms with Gasteiger partial charge in [-0.05, 0) is 41.3 Å². The lowest BCUT2D eigenvalue weighted by Crippen LogP contribution is -2.41. The van der Waals surface area contributed by atoms with E-state index in [0.29, 0.717) is 35.4 Å². The molecule has 1 aliphatic rings. The highest BCUT2D eigenvalue weighted by Crippen LogP contribution is 2.36. The fourth-order valence-electron chi connectivity index (χ4n) is 3.58. The predicted octanol–water partition coefficient (Wildman–Crippen LogP) is 3.70. The van der Waals surface area contributed by atoms with Gasteiger partial charge in [0.15, 0.2) is 5.76 Å². The topological polar surface area (TPSA) is 122 Å². The molecule has 2 aromatic carbocycles. The molecular formula is C23H22F2N3O5P. The van der Waals surface area contributed by atoms with Gasteiger partial charge in [0.25, 0.3) is 0 Å². The third kappa shape index (κ3) is 6.25. The van der Waals surface area contributed by atoms with Crippen molar-refractivity contribution in [1.29, 1.82) is 0 Å². The lowest BCUT2D eigenvalue weighted by molar-refractivity contribution is 0.110. The van der Waals surface area contributed by atoms with Crippen LogP contribution in [0.5, 0.6) is 0 Å². The fraction of sp³-hybridized carbons (Fsp3) is 0.174. The zero-order valence-corrected chi connectivity index (χ0v) is 18.7. The van der Waals surface area contributed by atoms with E-state index in [1.54, 1.807) is 24.4 Å². The number of rotatable bonds is 8. The van der Waals surface area contributed by atoms with Gasteiger partial charge < -0.3 is 24.9 Å². The van der Waals surface area contributed by atoms with Crippen LogP contribution >= 0.6 is 7.82 Å². The summed E-state index contributed by atoms with van der Waals surface area (Å²) >= 11 is 0. The molecule has 0 bridgehead atoms. The maximum absolute atomic E-state index is 13.4. The molecule has 178 valence electrons. The van der Waals surface area contributed by atoms with E-state index in [9.17, 15) is 13.3 Å². The summed E-state index contributed by atoms with van der Waals surface area (Å²) in [6, 6.07) is 12.8. The Hall–Kier alpha value is -3.14. The Morgan fingerprint density at radius 2 is 1.68 bits per heavy atom. The highest BCUT2D eigenvalue weighted by molar-refractivity contribution is 7.46. The number of benzene rings is 2. The van der Waals surface area contributed by atoms with Crippen molar-refractivity contribution in [3.63, 3.8) is 0 Å². The first-order valence-electron chi connectivity index (χ1n) is 10.2. The first-order chi connectivity index (χ1) is 16.2. The zero-order valence-electron chi connectivity index (χ0n) is 17.8. The second kappa shape index (κ2) is 10.0. The van der Waals surface area contributed by atoms with Gasteiger partial charge in [0.2, 0.25) is 0 Å². The molecule has 3 aromatic rings. The van der Waals surface area contributed by atoms with Crippen molar-refractivity contribution < 1.29 is 32.2 Å². The number of aromatic nitrogens is 1. The van der Waals surface area contributed by atoms with Gasteiger partial charge in [0, 0.05) is 30.3 Å². The zero-order chi connectivity index (χ0) is 24.3. The number of nitrogens with zero attached hydrogens (tertiary/aromatic N) is 2. The minimum atomic E-state index is -4.63. The lowest BCUT2D eigenvalue weighted by atomic mass is 10.0. The molecule has 1 aromatic heterocycles. The molecule has 11 heteroatoms. The maximum Gasteiger partial charge on any atom is 0.471 e. The van der Waals surface area contributed by atoms with Gasteiger partial charge in [-0.3, -0.25) is 4.52 Å². The Morgan fingerprint density at radius 3 is 2.32 bits per heavy atom. The standard InChI is InChI=1S/C23H22F2N3O5P/c24-18-9-17(10-19(25)12-18)8-15-3-5-16(6-4-15)11-20-13-22(33-27-20)21-2-1-7-28(23(21)26)14-32-34(29,30)31/h1-7,9-10,12-13,23H,8,11,14,26H2,(H2,29,30,31). The van der Waals surface area contributed by atoms with Crippen molar-refractivity contribution in [3.8, 4) is 0 Å². The summed E-state index contributed by atoms with van der Waals surface area (Å²) in [5, 5.41) is 4.09. The molecule has 0 fully saturated rings. The van der Waals surface area contributed by atoms with E-state index in [0.717, 1.165) is 17.2 Å². The van der Waals surface area contributed by atoms with Crippen LogP contribution in [-0.4, -0.2) is 32.7 Å². The van der Waals surface area contributed by atoms with E-state index in [2.05, 4.69) is 9.68 Å². The predicted molar refractivity (Wildman–Crippen MR) is 120 cm³/mol. The normalized spacial score (nSPS) is 16.1. The van der Waals surface area contributed by atoms with Crippen LogP contribution < -0.4 is 5.73 Å². The van der Waals surface area contributed by atoms with E-state index in [-0.39, 0.29) is 0 Å². The van der Waals surface area contributed by atoms with Crippen molar-refractivity contribution in [2.45, 2.75) is 19.0 Å². The Balaban J connectivity index is 1.39. The molecule has 4 N–H and O–H groups in total. The lowest BCUT2D eigenvalue weighted by Gasteiger charge is -2.30. The van der Waals surface area contributed by atoms with Gasteiger partial charge in [0.05, 0.1) is 5.69 Å². The Kier molecular flexibility index (Phi) is 7.06. The number of phosphoric ester groups is 1. The fourth-order valence-corrected chi connectivity index (χ4v) is 3.87. The SMILES string of the molecule is NC1C(c2cc(Cc3ccc(Cc4cc(F)cc(F)c4)cc3)no2)=CC=CN1COP(=O)(O)O. The molecule has 0 radical (unpaired) electrons. The molecule has 2 heterocycles. The van der Waals surface area contributed by atoms with Gasteiger partial charge in [-0.25, -0.2) is 13.3 Å². The van der Waals surface area contributed by atoms with Crippen LogP contribution in [0.2, 0.25) is 0 Å². The second-order valence-corrected chi connectivity index (χ2v) is 9.04. The summed E-state index contributed by atoms with van der Waals surface area (Å²) in [7, 11) is -4.63. The Bertz CT molecular complexity index is 1250. The van der Waals surface area contributed by atoms with E-state index >= 15 is 0 Å². The molecule has 1 aliphatic heterocycles. The van der Waals surface area contributed by atoms with E-state index in [4.69, 9.17) is 20.0 Å². The number of hydrogen-bond acceptors (Lipinski definition) is 6. The summed E-state index contributed by atoms with van der Waals surface area (Å²) in [5.74, 6) is -0.777. The van der Waals surface area contributed by atoms with E-state index < -0.39 is 32.4 Å². The van der Waals surface area contributed by atoms with Crippen molar-refractivity contribution in [2.24, 2.45) is 5.73 Å². The summed E-state index contributed by atoms with van der Waals surface area (Å²) in [6.07, 6.45) is 5.09. The molecule has 8 nitrogen and oxygen atoms in total. The second-order valence-electron chi connectivity index (χ2n) is 7.80. The number of nitrogens with two attached hydrogens (primary N) is 1. The van der Waals surface area contributed by atoms with E-state index in [1.165, 1.54) is 17.0 Å². The van der Waals surface area contributed by atoms with Crippen molar-refractivity contribution in [3.05, 3.63) is 107 Å². The molecule has 0 spiro atoms. The number of phosphoric acid groups is 1. The molecule has 4 rings (SSSR count). The van der Waals surface area contributed by atoms with Crippen LogP contribution in [0.25, 0.3) is 5.57 Å². The van der Waals surface area contributed by atoms with Gasteiger partial charge in [-0.1, -0.05) is 35.5 Å². The number of allylic oxidation sites excluding steroid dienone is 2. The molecule has 1 atom stereocenters. The maximum atomic E-state index is 13.4. The van der Waals surface area contributed by atoms with Gasteiger partial charge >= 0.3 is 7.82 Å². The van der Waals surface area contributed by atoms with Crippen molar-refractivity contribution >= 4 is 13.4 Å². The van der Waals surface area contributed by atoms with Crippen LogP contribution in [0.1, 0.15) is 28.1 Å². The molecule has 0 saturated carbocycles. The number of halogens is 2. The average molecular weight is 489 g/mol. The molecule has 34 heavy (non-hydrogen) atoms. The summed E-state index contributed by atoms with van der Waals surface area (Å²) in [4.78, 5) is 19.2. The quantitative estimate of drug-likeness (QED) is 0.410. The molecule has 0 amide bonds. The monoisotopic (exact) mass is 489 g/mol. The van der Waals surface area contributed by atoms with Crippen molar-refractivity contribution in [2.75, 3.05) is 6.73 Å².